The second-order valence-corrected chi connectivity index (χ2v) is 7.79. The fourth-order valence-corrected chi connectivity index (χ4v) is 3.63. The van der Waals surface area contributed by atoms with Crippen molar-refractivity contribution in [2.45, 2.75) is 25.4 Å². The van der Waals surface area contributed by atoms with Gasteiger partial charge in [0.25, 0.3) is 0 Å². The second-order valence-electron chi connectivity index (χ2n) is 7.79. The molecule has 4 aromatic rings. The Bertz CT molecular complexity index is 1310. The van der Waals surface area contributed by atoms with Crippen LogP contribution in [0, 0.1) is 5.82 Å². The molecule has 1 saturated carbocycles. The largest absolute Gasteiger partial charge is 0.384 e. The molecule has 1 fully saturated rings. The predicted octanol–water partition coefficient (Wildman–Crippen LogP) is 3.95. The molecule has 0 bridgehead atoms. The van der Waals surface area contributed by atoms with Gasteiger partial charge in [0, 0.05) is 30.1 Å². The molecule has 5 rings (SSSR count). The van der Waals surface area contributed by atoms with E-state index in [-0.39, 0.29) is 11.6 Å². The Labute approximate surface area is 183 Å². The number of nitrogens with one attached hydrogen (secondary N) is 3. The highest BCUT2D eigenvalue weighted by molar-refractivity contribution is 5.98. The van der Waals surface area contributed by atoms with Crippen LogP contribution in [0.3, 0.4) is 0 Å². The number of urea groups is 1. The van der Waals surface area contributed by atoms with E-state index in [0.29, 0.717) is 41.7 Å². The van der Waals surface area contributed by atoms with Crippen molar-refractivity contribution in [1.82, 2.24) is 25.3 Å². The summed E-state index contributed by atoms with van der Waals surface area (Å²) < 4.78 is 14.6. The number of imidazole rings is 1. The first-order chi connectivity index (χ1) is 15.5. The van der Waals surface area contributed by atoms with Gasteiger partial charge in [0.1, 0.15) is 22.6 Å². The Morgan fingerprint density at radius 2 is 2.06 bits per heavy atom. The first-order valence-corrected chi connectivity index (χ1v) is 10.4. The number of benzene rings is 1. The van der Waals surface area contributed by atoms with Crippen LogP contribution >= 0.6 is 0 Å². The summed E-state index contributed by atoms with van der Waals surface area (Å²) in [4.78, 5) is 28.1. The Morgan fingerprint density at radius 1 is 1.22 bits per heavy atom. The number of aromatic amines is 1. The minimum Gasteiger partial charge on any atom is -0.384 e. The van der Waals surface area contributed by atoms with Gasteiger partial charge in [-0.15, -0.1) is 0 Å². The molecule has 0 aliphatic heterocycles. The molecule has 0 spiro atoms. The van der Waals surface area contributed by atoms with Crippen molar-refractivity contribution >= 4 is 23.0 Å². The summed E-state index contributed by atoms with van der Waals surface area (Å²) in [5, 5.41) is 15.6. The minimum atomic E-state index is -0.812. The summed E-state index contributed by atoms with van der Waals surface area (Å²) in [6.45, 7) is 2.28. The summed E-state index contributed by atoms with van der Waals surface area (Å²) in [6.07, 6.45) is 4.63. The van der Waals surface area contributed by atoms with Gasteiger partial charge >= 0.3 is 6.03 Å². The number of hydrogen-bond donors (Lipinski definition) is 4. The average Bonchev–Trinajstić information content (AvgIpc) is 3.41. The molecule has 0 radical (unpaired) electrons. The molecule has 4 N–H and O–H groups in total. The summed E-state index contributed by atoms with van der Waals surface area (Å²) in [7, 11) is 0. The van der Waals surface area contributed by atoms with Crippen LogP contribution in [-0.2, 0) is 5.60 Å². The third kappa shape index (κ3) is 3.67. The maximum absolute atomic E-state index is 14.6. The van der Waals surface area contributed by atoms with Gasteiger partial charge in [0.15, 0.2) is 0 Å². The number of carbonyl (C=O) groups is 1. The molecule has 1 aromatic carbocycles. The zero-order chi connectivity index (χ0) is 22.3. The number of halogens is 1. The number of fused-ring (bicyclic) bond motifs is 1. The molecule has 1 aliphatic carbocycles. The lowest BCUT2D eigenvalue weighted by Crippen LogP contribution is -2.28. The van der Waals surface area contributed by atoms with Gasteiger partial charge in [-0.2, -0.15) is 0 Å². The van der Waals surface area contributed by atoms with Crippen molar-refractivity contribution in [3.8, 4) is 22.4 Å². The highest BCUT2D eigenvalue weighted by Crippen LogP contribution is 2.44. The number of H-pyrrole nitrogens is 1. The normalized spacial score (nSPS) is 14.3. The molecule has 32 heavy (non-hydrogen) atoms. The fourth-order valence-electron chi connectivity index (χ4n) is 3.63. The zero-order valence-electron chi connectivity index (χ0n) is 17.3. The van der Waals surface area contributed by atoms with Crippen molar-refractivity contribution in [1.29, 1.82) is 0 Å². The predicted molar refractivity (Wildman–Crippen MR) is 118 cm³/mol. The maximum Gasteiger partial charge on any atom is 0.321 e. The van der Waals surface area contributed by atoms with E-state index in [1.165, 1.54) is 18.3 Å². The quantitative estimate of drug-likeness (QED) is 0.381. The first kappa shape index (κ1) is 20.1. The number of amides is 2. The van der Waals surface area contributed by atoms with Crippen LogP contribution in [0.15, 0.2) is 48.8 Å². The van der Waals surface area contributed by atoms with Gasteiger partial charge in [-0.1, -0.05) is 6.07 Å². The standard InChI is InChI=1S/C23H21FN6O2/c1-2-25-22(31)30-21-28-17-11-14(13-5-6-18(27-12-13)23(32)7-8-23)10-15(20(17)29-21)19-16(24)4-3-9-26-19/h3-6,9-12,32H,2,7-8H2,1H3,(H3,25,28,29,30,31). The van der Waals surface area contributed by atoms with Gasteiger partial charge in [-0.25, -0.2) is 14.2 Å². The third-order valence-electron chi connectivity index (χ3n) is 5.47. The van der Waals surface area contributed by atoms with E-state index in [4.69, 9.17) is 0 Å². The zero-order valence-corrected chi connectivity index (χ0v) is 17.3. The monoisotopic (exact) mass is 432 g/mol. The summed E-state index contributed by atoms with van der Waals surface area (Å²) in [6, 6.07) is 9.82. The lowest BCUT2D eigenvalue weighted by atomic mass is 10.00. The van der Waals surface area contributed by atoms with E-state index in [9.17, 15) is 14.3 Å². The molecule has 162 valence electrons. The molecule has 3 aromatic heterocycles. The lowest BCUT2D eigenvalue weighted by Gasteiger charge is -2.10. The Morgan fingerprint density at radius 3 is 2.75 bits per heavy atom. The van der Waals surface area contributed by atoms with Crippen molar-refractivity contribution in [3.63, 3.8) is 0 Å². The number of aromatic nitrogens is 4. The van der Waals surface area contributed by atoms with Crippen LogP contribution in [0.4, 0.5) is 15.1 Å². The van der Waals surface area contributed by atoms with Crippen LogP contribution in [0.5, 0.6) is 0 Å². The van der Waals surface area contributed by atoms with Gasteiger partial charge in [-0.05, 0) is 55.7 Å². The van der Waals surface area contributed by atoms with Gasteiger partial charge in [0.2, 0.25) is 5.95 Å². The summed E-state index contributed by atoms with van der Waals surface area (Å²) >= 11 is 0. The highest BCUT2D eigenvalue weighted by Gasteiger charge is 2.43. The van der Waals surface area contributed by atoms with Crippen LogP contribution in [-0.4, -0.2) is 37.6 Å². The van der Waals surface area contributed by atoms with E-state index >= 15 is 0 Å². The van der Waals surface area contributed by atoms with Crippen LogP contribution in [0.2, 0.25) is 0 Å². The first-order valence-electron chi connectivity index (χ1n) is 10.4. The molecule has 8 nitrogen and oxygen atoms in total. The van der Waals surface area contributed by atoms with E-state index in [1.54, 1.807) is 12.3 Å². The van der Waals surface area contributed by atoms with E-state index < -0.39 is 17.4 Å². The molecule has 0 atom stereocenters. The maximum atomic E-state index is 14.6. The summed E-state index contributed by atoms with van der Waals surface area (Å²) in [5.41, 5.74) is 3.14. The van der Waals surface area contributed by atoms with Gasteiger partial charge in [-0.3, -0.25) is 15.3 Å². The Balaban J connectivity index is 1.62. The smallest absolute Gasteiger partial charge is 0.321 e. The van der Waals surface area contributed by atoms with Crippen LogP contribution in [0.1, 0.15) is 25.5 Å². The number of carbonyl (C=O) groups excluding carboxylic acids is 1. The van der Waals surface area contributed by atoms with Gasteiger partial charge < -0.3 is 15.4 Å². The lowest BCUT2D eigenvalue weighted by molar-refractivity contribution is 0.146. The Kier molecular flexibility index (Phi) is 4.82. The number of hydrogen-bond acceptors (Lipinski definition) is 5. The molecule has 0 saturated heterocycles. The third-order valence-corrected chi connectivity index (χ3v) is 5.47. The number of rotatable bonds is 5. The number of aliphatic hydroxyl groups is 1. The van der Waals surface area contributed by atoms with Crippen molar-refractivity contribution in [3.05, 3.63) is 60.3 Å². The molecule has 0 unspecified atom stereocenters. The topological polar surface area (TPSA) is 116 Å². The van der Waals surface area contributed by atoms with Crippen LogP contribution in [0.25, 0.3) is 33.4 Å². The summed E-state index contributed by atoms with van der Waals surface area (Å²) in [5.74, 6) is -0.235. The number of nitrogens with zero attached hydrogens (tertiary/aromatic N) is 3. The van der Waals surface area contributed by atoms with E-state index in [0.717, 1.165) is 11.1 Å². The average molecular weight is 432 g/mol. The van der Waals surface area contributed by atoms with E-state index in [2.05, 4.69) is 30.6 Å². The van der Waals surface area contributed by atoms with E-state index in [1.807, 2.05) is 25.1 Å². The number of pyridine rings is 2. The highest BCUT2D eigenvalue weighted by atomic mass is 19.1. The molecule has 2 amide bonds. The molecule has 3 heterocycles. The molecular formula is C23H21FN6O2. The van der Waals surface area contributed by atoms with Crippen molar-refractivity contribution in [2.24, 2.45) is 0 Å². The Hall–Kier alpha value is -3.85. The van der Waals surface area contributed by atoms with Crippen molar-refractivity contribution in [2.75, 3.05) is 11.9 Å². The molecule has 9 heteroatoms. The molecular weight excluding hydrogens is 411 g/mol. The fraction of sp³-hybridized carbons (Fsp3) is 0.217. The van der Waals surface area contributed by atoms with Gasteiger partial charge in [0.05, 0.1) is 11.2 Å². The van der Waals surface area contributed by atoms with Crippen molar-refractivity contribution < 1.29 is 14.3 Å². The number of anilines is 1. The molecule has 1 aliphatic rings. The minimum absolute atomic E-state index is 0.160. The second kappa shape index (κ2) is 7.69. The van der Waals surface area contributed by atoms with Crippen LogP contribution < -0.4 is 10.6 Å². The SMILES string of the molecule is CCNC(=O)Nc1nc2c(-c3ncccc3F)cc(-c3ccc(C4(O)CC4)nc3)cc2[nH]1.